The van der Waals surface area contributed by atoms with Crippen LogP contribution in [0.2, 0.25) is 0 Å². The molecule has 2 aliphatic carbocycles. The van der Waals surface area contributed by atoms with E-state index in [1.807, 2.05) is 12.3 Å². The topological polar surface area (TPSA) is 85.9 Å². The second kappa shape index (κ2) is 4.90. The first-order valence-corrected chi connectivity index (χ1v) is 8.99. The summed E-state index contributed by atoms with van der Waals surface area (Å²) >= 11 is 0. The SMILES string of the molecule is CN1C=c2c(c3c(c4c2=C2N=CC=C2CC=4)=NC2=C3CC(=O)C=C2C#N)C1=O. The van der Waals surface area contributed by atoms with Crippen LogP contribution in [-0.4, -0.2) is 29.9 Å². The molecule has 1 amide bonds. The molecule has 0 unspecified atom stereocenters. The van der Waals surface area contributed by atoms with Crippen molar-refractivity contribution in [3.05, 3.63) is 61.1 Å². The van der Waals surface area contributed by atoms with E-state index in [1.54, 1.807) is 18.2 Å². The molecule has 3 aliphatic heterocycles. The fraction of sp³-hybridized carbons (Fsp3) is 0.136. The van der Waals surface area contributed by atoms with Crippen LogP contribution in [-0.2, 0) is 4.79 Å². The molecule has 0 saturated carbocycles. The molecule has 3 heterocycles. The number of benzene rings is 1. The molecule has 0 saturated heterocycles. The molecule has 1 aromatic rings. The number of hydrogen-bond donors (Lipinski definition) is 0. The quantitative estimate of drug-likeness (QED) is 0.627. The second-order valence-electron chi connectivity index (χ2n) is 7.32. The monoisotopic (exact) mass is 364 g/mol. The molecule has 6 heteroatoms. The predicted molar refractivity (Wildman–Crippen MR) is 102 cm³/mol. The van der Waals surface area contributed by atoms with Gasteiger partial charge in [-0.25, -0.2) is 4.99 Å². The van der Waals surface area contributed by atoms with Gasteiger partial charge in [-0.2, -0.15) is 5.26 Å². The zero-order chi connectivity index (χ0) is 19.2. The maximum atomic E-state index is 13.0. The van der Waals surface area contributed by atoms with Crippen LogP contribution in [0.25, 0.3) is 23.5 Å². The predicted octanol–water partition coefficient (Wildman–Crippen LogP) is -0.420. The molecular formula is C22H12N4O2. The zero-order valence-corrected chi connectivity index (χ0v) is 14.9. The van der Waals surface area contributed by atoms with Crippen molar-refractivity contribution < 1.29 is 9.59 Å². The molecule has 5 aliphatic rings. The Balaban J connectivity index is 1.86. The molecule has 0 N–H and O–H groups in total. The molecular weight excluding hydrogens is 352 g/mol. The fourth-order valence-corrected chi connectivity index (χ4v) is 4.62. The van der Waals surface area contributed by atoms with Gasteiger partial charge in [-0.05, 0) is 23.6 Å². The number of rotatable bonds is 0. The smallest absolute Gasteiger partial charge is 0.258 e. The Hall–Kier alpha value is -3.85. The largest absolute Gasteiger partial charge is 0.317 e. The van der Waals surface area contributed by atoms with E-state index in [0.29, 0.717) is 27.8 Å². The number of nitriles is 1. The first-order chi connectivity index (χ1) is 13.6. The minimum Gasteiger partial charge on any atom is -0.317 e. The Morgan fingerprint density at radius 2 is 2.04 bits per heavy atom. The Bertz CT molecular complexity index is 1510. The maximum absolute atomic E-state index is 13.0. The van der Waals surface area contributed by atoms with Crippen LogP contribution in [0.5, 0.6) is 0 Å². The minimum atomic E-state index is -0.142. The summed E-state index contributed by atoms with van der Waals surface area (Å²) in [7, 11) is 1.72. The van der Waals surface area contributed by atoms with Crippen molar-refractivity contribution in [2.24, 2.45) is 9.98 Å². The van der Waals surface area contributed by atoms with Gasteiger partial charge in [0.05, 0.1) is 27.9 Å². The molecule has 28 heavy (non-hydrogen) atoms. The van der Waals surface area contributed by atoms with E-state index in [0.717, 1.165) is 33.3 Å². The van der Waals surface area contributed by atoms with Crippen molar-refractivity contribution in [3.8, 4) is 6.07 Å². The number of ketones is 1. The number of carbonyl (C=O) groups excluding carboxylic acids is 2. The van der Waals surface area contributed by atoms with Gasteiger partial charge in [0.15, 0.2) is 5.78 Å². The first kappa shape index (κ1) is 15.2. The van der Waals surface area contributed by atoms with Crippen molar-refractivity contribution in [2.45, 2.75) is 12.8 Å². The van der Waals surface area contributed by atoms with E-state index in [-0.39, 0.29) is 23.7 Å². The van der Waals surface area contributed by atoms with Crippen LogP contribution < -0.4 is 21.0 Å². The Morgan fingerprint density at radius 1 is 1.18 bits per heavy atom. The molecule has 1 aromatic carbocycles. The van der Waals surface area contributed by atoms with Gasteiger partial charge >= 0.3 is 0 Å². The van der Waals surface area contributed by atoms with Gasteiger partial charge in [-0.3, -0.25) is 14.6 Å². The van der Waals surface area contributed by atoms with Crippen molar-refractivity contribution in [1.82, 2.24) is 4.90 Å². The summed E-state index contributed by atoms with van der Waals surface area (Å²) in [5.74, 6) is -0.270. The molecule has 132 valence electrons. The van der Waals surface area contributed by atoms with Gasteiger partial charge in [-0.1, -0.05) is 6.08 Å². The van der Waals surface area contributed by atoms with Gasteiger partial charge < -0.3 is 4.90 Å². The van der Waals surface area contributed by atoms with Crippen molar-refractivity contribution in [3.63, 3.8) is 0 Å². The summed E-state index contributed by atoms with van der Waals surface area (Å²) < 4.78 is 0. The van der Waals surface area contributed by atoms with E-state index in [4.69, 9.17) is 4.99 Å². The molecule has 0 radical (unpaired) electrons. The summed E-state index contributed by atoms with van der Waals surface area (Å²) in [5.41, 5.74) is 4.72. The van der Waals surface area contributed by atoms with Crippen molar-refractivity contribution >= 4 is 41.5 Å². The third-order valence-corrected chi connectivity index (χ3v) is 5.80. The summed E-state index contributed by atoms with van der Waals surface area (Å²) in [4.78, 5) is 36.1. The second-order valence-corrected chi connectivity index (χ2v) is 7.32. The van der Waals surface area contributed by atoms with Gasteiger partial charge in [0.1, 0.15) is 6.07 Å². The number of fused-ring (bicyclic) bond motifs is 8. The highest BCUT2D eigenvalue weighted by Gasteiger charge is 2.35. The zero-order valence-electron chi connectivity index (χ0n) is 14.9. The first-order valence-electron chi connectivity index (χ1n) is 8.99. The van der Waals surface area contributed by atoms with Gasteiger partial charge in [-0.15, -0.1) is 0 Å². The third-order valence-electron chi connectivity index (χ3n) is 5.80. The van der Waals surface area contributed by atoms with Crippen LogP contribution in [0.15, 0.2) is 39.0 Å². The normalized spacial score (nSPS) is 20.3. The van der Waals surface area contributed by atoms with Crippen LogP contribution in [0.3, 0.4) is 0 Å². The lowest BCUT2D eigenvalue weighted by molar-refractivity contribution is -0.113. The standard InChI is InChI=1S/C22H12N4O2/c1-26-9-15-16-13(3-2-10-4-5-24-20(10)16)21-17(18(15)22(26)28)14-7-12(27)6-11(8-23)19(14)25-21/h3-6,9H,2,7H2,1H3. The van der Waals surface area contributed by atoms with Gasteiger partial charge in [0.25, 0.3) is 5.91 Å². The van der Waals surface area contributed by atoms with Crippen LogP contribution in [0.1, 0.15) is 28.8 Å². The third kappa shape index (κ3) is 1.66. The van der Waals surface area contributed by atoms with E-state index < -0.39 is 0 Å². The lowest BCUT2D eigenvalue weighted by Crippen LogP contribution is -2.53. The Morgan fingerprint density at radius 3 is 2.86 bits per heavy atom. The summed E-state index contributed by atoms with van der Waals surface area (Å²) in [6, 6.07) is 2.08. The van der Waals surface area contributed by atoms with E-state index in [1.165, 1.54) is 6.08 Å². The molecule has 0 bridgehead atoms. The van der Waals surface area contributed by atoms with Crippen LogP contribution in [0.4, 0.5) is 0 Å². The molecule has 0 atom stereocenters. The molecule has 0 spiro atoms. The summed E-state index contributed by atoms with van der Waals surface area (Å²) in [5, 5.41) is 12.8. The fourth-order valence-electron chi connectivity index (χ4n) is 4.62. The maximum Gasteiger partial charge on any atom is 0.258 e. The molecule has 6 nitrogen and oxygen atoms in total. The van der Waals surface area contributed by atoms with E-state index >= 15 is 0 Å². The van der Waals surface area contributed by atoms with Crippen LogP contribution >= 0.6 is 0 Å². The number of amides is 1. The Kier molecular flexibility index (Phi) is 2.66. The van der Waals surface area contributed by atoms with Crippen LogP contribution in [0, 0.1) is 11.3 Å². The molecule has 0 aromatic heterocycles. The lowest BCUT2D eigenvalue weighted by Gasteiger charge is -2.14. The van der Waals surface area contributed by atoms with E-state index in [2.05, 4.69) is 17.1 Å². The average molecular weight is 364 g/mol. The highest BCUT2D eigenvalue weighted by Crippen LogP contribution is 2.35. The number of aliphatic imine (C=N–C) groups is 1. The average Bonchev–Trinajstić information content (AvgIpc) is 3.37. The van der Waals surface area contributed by atoms with Gasteiger partial charge in [0, 0.05) is 53.2 Å². The summed E-state index contributed by atoms with van der Waals surface area (Å²) in [6.45, 7) is 0. The van der Waals surface area contributed by atoms with Crippen molar-refractivity contribution in [1.29, 1.82) is 5.26 Å². The highest BCUT2D eigenvalue weighted by atomic mass is 16.2. The van der Waals surface area contributed by atoms with E-state index in [9.17, 15) is 14.9 Å². The van der Waals surface area contributed by atoms with Gasteiger partial charge in [0.2, 0.25) is 0 Å². The number of nitrogens with zero attached hydrogens (tertiary/aromatic N) is 4. The Labute approximate surface area is 158 Å². The number of hydrogen-bond acceptors (Lipinski definition) is 5. The molecule has 6 rings (SSSR count). The molecule has 0 fully saturated rings. The summed E-state index contributed by atoms with van der Waals surface area (Å²) in [6.07, 6.45) is 9.94. The highest BCUT2D eigenvalue weighted by molar-refractivity contribution is 6.10. The number of allylic oxidation sites excluding steroid dienone is 4. The van der Waals surface area contributed by atoms with Crippen molar-refractivity contribution in [2.75, 3.05) is 7.05 Å². The number of carbonyl (C=O) groups is 2. The minimum absolute atomic E-state index is 0.128. The lowest BCUT2D eigenvalue weighted by atomic mass is 9.87.